The van der Waals surface area contributed by atoms with E-state index in [-0.39, 0.29) is 11.7 Å². The number of aromatic amines is 1. The maximum Gasteiger partial charge on any atom is 0.223 e. The van der Waals surface area contributed by atoms with Crippen molar-refractivity contribution in [2.75, 3.05) is 7.05 Å². The summed E-state index contributed by atoms with van der Waals surface area (Å²) in [6, 6.07) is 10.2. The van der Waals surface area contributed by atoms with Gasteiger partial charge in [0.25, 0.3) is 0 Å². The Morgan fingerprint density at radius 3 is 2.85 bits per heavy atom. The van der Waals surface area contributed by atoms with Gasteiger partial charge in [0.15, 0.2) is 0 Å². The number of carbonyl (C=O) groups excluding carboxylic acids is 1. The molecule has 0 aliphatic heterocycles. The van der Waals surface area contributed by atoms with E-state index in [9.17, 15) is 9.18 Å². The van der Waals surface area contributed by atoms with E-state index in [4.69, 9.17) is 0 Å². The van der Waals surface area contributed by atoms with Crippen LogP contribution in [-0.2, 0) is 17.8 Å². The topological polar surface area (TPSA) is 74.8 Å². The molecule has 0 aliphatic carbocycles. The van der Waals surface area contributed by atoms with Gasteiger partial charge in [-0.05, 0) is 35.9 Å². The first-order valence-corrected chi connectivity index (χ1v) is 8.91. The van der Waals surface area contributed by atoms with Gasteiger partial charge in [-0.25, -0.2) is 9.37 Å². The average Bonchev–Trinajstić information content (AvgIpc) is 3.24. The van der Waals surface area contributed by atoms with Crippen LogP contribution in [0.4, 0.5) is 4.39 Å². The average molecular weight is 369 g/mol. The van der Waals surface area contributed by atoms with Gasteiger partial charge in [-0.2, -0.15) is 8.75 Å². The Balaban J connectivity index is 1.38. The highest BCUT2D eigenvalue weighted by Gasteiger charge is 2.12. The van der Waals surface area contributed by atoms with Crippen molar-refractivity contribution in [3.8, 4) is 0 Å². The second-order valence-electron chi connectivity index (χ2n) is 6.18. The van der Waals surface area contributed by atoms with Gasteiger partial charge in [-0.1, -0.05) is 6.07 Å². The van der Waals surface area contributed by atoms with Crippen molar-refractivity contribution in [3.05, 3.63) is 53.6 Å². The molecule has 6 nitrogen and oxygen atoms in total. The Morgan fingerprint density at radius 2 is 1.96 bits per heavy atom. The van der Waals surface area contributed by atoms with Crippen molar-refractivity contribution in [2.45, 2.75) is 19.4 Å². The predicted octanol–water partition coefficient (Wildman–Crippen LogP) is 3.30. The van der Waals surface area contributed by atoms with Crippen LogP contribution in [0.25, 0.3) is 22.1 Å². The monoisotopic (exact) mass is 369 g/mol. The van der Waals surface area contributed by atoms with Gasteiger partial charge >= 0.3 is 0 Å². The number of hydrogen-bond acceptors (Lipinski definition) is 5. The summed E-state index contributed by atoms with van der Waals surface area (Å²) in [6.07, 6.45) is 0.813. The zero-order valence-electron chi connectivity index (χ0n) is 14.1. The maximum atomic E-state index is 13.2. The third kappa shape index (κ3) is 3.41. The summed E-state index contributed by atoms with van der Waals surface area (Å²) in [6.45, 7) is 0.512. The quantitative estimate of drug-likeness (QED) is 0.586. The van der Waals surface area contributed by atoms with Crippen molar-refractivity contribution in [1.29, 1.82) is 0 Å². The van der Waals surface area contributed by atoms with Crippen molar-refractivity contribution in [2.24, 2.45) is 0 Å². The fourth-order valence-electron chi connectivity index (χ4n) is 2.86. The largest absolute Gasteiger partial charge is 0.342 e. The van der Waals surface area contributed by atoms with Crippen LogP contribution < -0.4 is 0 Å². The minimum absolute atomic E-state index is 0.0214. The number of hydrogen-bond donors (Lipinski definition) is 1. The Bertz CT molecular complexity index is 1090. The normalized spacial score (nSPS) is 11.3. The van der Waals surface area contributed by atoms with E-state index in [1.807, 2.05) is 18.2 Å². The fraction of sp³-hybridized carbons (Fsp3) is 0.222. The first-order valence-electron chi connectivity index (χ1n) is 8.18. The van der Waals surface area contributed by atoms with Crippen LogP contribution in [0.2, 0.25) is 0 Å². The second kappa shape index (κ2) is 6.80. The molecule has 2 heterocycles. The van der Waals surface area contributed by atoms with Gasteiger partial charge < -0.3 is 9.88 Å². The van der Waals surface area contributed by atoms with Gasteiger partial charge in [0.1, 0.15) is 22.7 Å². The second-order valence-corrected chi connectivity index (χ2v) is 6.71. The number of aryl methyl sites for hydroxylation is 1. The zero-order valence-corrected chi connectivity index (χ0v) is 14.9. The number of aromatic nitrogens is 4. The molecule has 0 saturated carbocycles. The number of rotatable bonds is 5. The van der Waals surface area contributed by atoms with E-state index in [0.717, 1.165) is 16.6 Å². The van der Waals surface area contributed by atoms with E-state index >= 15 is 0 Å². The van der Waals surface area contributed by atoms with Gasteiger partial charge in [-0.3, -0.25) is 4.79 Å². The fourth-order valence-corrected chi connectivity index (χ4v) is 3.37. The molecule has 132 valence electrons. The number of amides is 1. The predicted molar refractivity (Wildman–Crippen MR) is 98.3 cm³/mol. The highest BCUT2D eigenvalue weighted by molar-refractivity contribution is 7.00. The van der Waals surface area contributed by atoms with Crippen LogP contribution in [0.5, 0.6) is 0 Å². The van der Waals surface area contributed by atoms with Gasteiger partial charge in [0.2, 0.25) is 5.91 Å². The summed E-state index contributed by atoms with van der Waals surface area (Å²) in [7, 11) is 1.78. The van der Waals surface area contributed by atoms with E-state index in [0.29, 0.717) is 36.2 Å². The summed E-state index contributed by atoms with van der Waals surface area (Å²) < 4.78 is 21.6. The maximum absolute atomic E-state index is 13.2. The first-order chi connectivity index (χ1) is 12.6. The summed E-state index contributed by atoms with van der Waals surface area (Å²) in [5.74, 6) is 0.395. The third-order valence-electron chi connectivity index (χ3n) is 4.23. The summed E-state index contributed by atoms with van der Waals surface area (Å²) in [4.78, 5) is 21.5. The lowest BCUT2D eigenvalue weighted by atomic mass is 10.2. The summed E-state index contributed by atoms with van der Waals surface area (Å²) in [5.41, 5.74) is 4.08. The summed E-state index contributed by atoms with van der Waals surface area (Å²) >= 11 is 1.18. The molecule has 0 radical (unpaired) electrons. The number of nitrogens with one attached hydrogen (secondary N) is 1. The molecule has 26 heavy (non-hydrogen) atoms. The van der Waals surface area contributed by atoms with E-state index in [1.54, 1.807) is 18.0 Å². The number of benzene rings is 2. The lowest BCUT2D eigenvalue weighted by molar-refractivity contribution is -0.130. The van der Waals surface area contributed by atoms with Crippen molar-refractivity contribution in [3.63, 3.8) is 0 Å². The minimum atomic E-state index is -0.309. The van der Waals surface area contributed by atoms with E-state index < -0.39 is 0 Å². The lowest BCUT2D eigenvalue weighted by Gasteiger charge is -2.17. The van der Waals surface area contributed by atoms with Crippen LogP contribution in [0.15, 0.2) is 36.4 Å². The van der Waals surface area contributed by atoms with Gasteiger partial charge in [0.05, 0.1) is 22.8 Å². The number of imidazole rings is 1. The molecular weight excluding hydrogens is 353 g/mol. The molecule has 0 unspecified atom stereocenters. The summed E-state index contributed by atoms with van der Waals surface area (Å²) in [5, 5.41) is 0. The molecule has 1 N–H and O–H groups in total. The molecule has 1 amide bonds. The van der Waals surface area contributed by atoms with Gasteiger partial charge in [0, 0.05) is 26.4 Å². The Kier molecular flexibility index (Phi) is 4.34. The zero-order chi connectivity index (χ0) is 18.1. The molecular formula is C18H16FN5OS. The Morgan fingerprint density at radius 1 is 1.15 bits per heavy atom. The van der Waals surface area contributed by atoms with E-state index in [1.165, 1.54) is 23.9 Å². The molecule has 0 spiro atoms. The van der Waals surface area contributed by atoms with Crippen LogP contribution in [0.1, 0.15) is 17.8 Å². The number of H-pyrrole nitrogens is 1. The molecule has 0 aliphatic rings. The number of halogens is 1. The van der Waals surface area contributed by atoms with Crippen LogP contribution in [0.3, 0.4) is 0 Å². The molecule has 8 heteroatoms. The van der Waals surface area contributed by atoms with Crippen molar-refractivity contribution in [1.82, 2.24) is 23.6 Å². The van der Waals surface area contributed by atoms with Crippen molar-refractivity contribution >= 4 is 39.7 Å². The van der Waals surface area contributed by atoms with Crippen LogP contribution in [0, 0.1) is 5.82 Å². The molecule has 0 fully saturated rings. The standard InChI is InChI=1S/C18H16FN5OS/c1-24(10-11-2-4-14-16(8-11)23-26-22-14)18(25)7-6-17-20-13-5-3-12(19)9-15(13)21-17/h2-5,8-9H,6-7,10H2,1H3,(H,20,21). The number of nitrogens with zero attached hydrogens (tertiary/aromatic N) is 4. The van der Waals surface area contributed by atoms with Crippen LogP contribution >= 0.6 is 11.7 Å². The smallest absolute Gasteiger partial charge is 0.223 e. The van der Waals surface area contributed by atoms with Gasteiger partial charge in [-0.15, -0.1) is 0 Å². The minimum Gasteiger partial charge on any atom is -0.342 e. The first kappa shape index (κ1) is 16.6. The molecule has 0 atom stereocenters. The van der Waals surface area contributed by atoms with Crippen molar-refractivity contribution < 1.29 is 9.18 Å². The van der Waals surface area contributed by atoms with E-state index in [2.05, 4.69) is 18.7 Å². The number of fused-ring (bicyclic) bond motifs is 2. The lowest BCUT2D eigenvalue weighted by Crippen LogP contribution is -2.26. The number of carbonyl (C=O) groups is 1. The highest BCUT2D eigenvalue weighted by Crippen LogP contribution is 2.16. The third-order valence-corrected chi connectivity index (χ3v) is 4.79. The highest BCUT2D eigenvalue weighted by atomic mass is 32.1. The molecule has 0 saturated heterocycles. The molecule has 4 aromatic rings. The Labute approximate surface area is 153 Å². The molecule has 4 rings (SSSR count). The molecule has 0 bridgehead atoms. The Hall–Kier alpha value is -2.87. The van der Waals surface area contributed by atoms with Crippen LogP contribution in [-0.4, -0.2) is 36.6 Å². The SMILES string of the molecule is CN(Cc1ccc2nsnc2c1)C(=O)CCc1nc2ccc(F)cc2[nH]1. The molecule has 2 aromatic carbocycles. The molecule has 2 aromatic heterocycles.